The Kier molecular flexibility index (Phi) is 3.72. The first-order valence-electron chi connectivity index (χ1n) is 5.87. The van der Waals surface area contributed by atoms with Gasteiger partial charge >= 0.3 is 5.97 Å². The van der Waals surface area contributed by atoms with E-state index >= 15 is 0 Å². The number of anilines is 1. The average molecular weight is 251 g/mol. The van der Waals surface area contributed by atoms with Crippen molar-refractivity contribution in [2.45, 2.75) is 12.5 Å². The minimum atomic E-state index is -0.745. The smallest absolute Gasteiger partial charge is 0.336 e. The Morgan fingerprint density at radius 1 is 1.39 bits per heavy atom. The molecule has 0 saturated carbocycles. The summed E-state index contributed by atoms with van der Waals surface area (Å²) in [6.45, 7) is 2.82. The fourth-order valence-corrected chi connectivity index (χ4v) is 1.77. The number of carbonyl (C=O) groups excluding carboxylic acids is 1. The van der Waals surface area contributed by atoms with Crippen LogP contribution in [0.4, 0.5) is 5.69 Å². The normalized spacial score (nSPS) is 16.6. The Morgan fingerprint density at radius 3 is 2.50 bits per heavy atom. The molecule has 1 heterocycles. The molecule has 0 radical (unpaired) electrons. The van der Waals surface area contributed by atoms with Crippen LogP contribution >= 0.6 is 0 Å². The van der Waals surface area contributed by atoms with E-state index in [0.717, 1.165) is 11.4 Å². The van der Waals surface area contributed by atoms with Gasteiger partial charge in [0.2, 0.25) is 0 Å². The Labute approximate surface area is 106 Å². The van der Waals surface area contributed by atoms with Gasteiger partial charge in [-0.15, -0.1) is 0 Å². The molecule has 5 nitrogen and oxygen atoms in total. The molecule has 0 spiro atoms. The molecule has 1 saturated heterocycles. The van der Waals surface area contributed by atoms with Crippen molar-refractivity contribution in [1.29, 1.82) is 0 Å². The molecule has 1 aromatic carbocycles. The van der Waals surface area contributed by atoms with E-state index in [1.54, 1.807) is 14.0 Å². The maximum atomic E-state index is 11.9. The number of rotatable bonds is 5. The van der Waals surface area contributed by atoms with Crippen molar-refractivity contribution < 1.29 is 19.0 Å². The van der Waals surface area contributed by atoms with Crippen molar-refractivity contribution in [3.05, 3.63) is 24.3 Å². The molecular formula is C13H17NO4. The average Bonchev–Trinajstić information content (AvgIpc) is 2.35. The molecule has 5 heteroatoms. The van der Waals surface area contributed by atoms with Crippen LogP contribution in [0.25, 0.3) is 0 Å². The van der Waals surface area contributed by atoms with Crippen molar-refractivity contribution in [3.63, 3.8) is 0 Å². The molecule has 0 aromatic heterocycles. The summed E-state index contributed by atoms with van der Waals surface area (Å²) in [7, 11) is 1.61. The first-order valence-corrected chi connectivity index (χ1v) is 5.87. The third-order valence-corrected chi connectivity index (χ3v) is 2.84. The van der Waals surface area contributed by atoms with Gasteiger partial charge < -0.3 is 19.5 Å². The second-order valence-electron chi connectivity index (χ2n) is 4.15. The highest BCUT2D eigenvalue weighted by atomic mass is 16.6. The van der Waals surface area contributed by atoms with Gasteiger partial charge in [-0.1, -0.05) is 0 Å². The second kappa shape index (κ2) is 5.27. The zero-order valence-electron chi connectivity index (χ0n) is 10.6. The van der Waals surface area contributed by atoms with Gasteiger partial charge in [0.25, 0.3) is 0 Å². The number of hydrogen-bond acceptors (Lipinski definition) is 5. The molecule has 0 bridgehead atoms. The van der Waals surface area contributed by atoms with Crippen LogP contribution in [0.5, 0.6) is 5.75 Å². The van der Waals surface area contributed by atoms with E-state index in [2.05, 4.69) is 5.32 Å². The molecule has 18 heavy (non-hydrogen) atoms. The maximum Gasteiger partial charge on any atom is 0.336 e. The lowest BCUT2D eigenvalue weighted by Crippen LogP contribution is -2.62. The number of benzene rings is 1. The fourth-order valence-electron chi connectivity index (χ4n) is 1.77. The van der Waals surface area contributed by atoms with Crippen LogP contribution in [-0.4, -0.2) is 38.4 Å². The van der Waals surface area contributed by atoms with Crippen LogP contribution in [0.15, 0.2) is 24.3 Å². The molecule has 1 aromatic rings. The summed E-state index contributed by atoms with van der Waals surface area (Å²) in [5, 5.41) is 3.17. The summed E-state index contributed by atoms with van der Waals surface area (Å²) in [4.78, 5) is 11.9. The molecular weight excluding hydrogens is 234 g/mol. The Bertz CT molecular complexity index is 412. The zero-order chi connectivity index (χ0) is 13.0. The van der Waals surface area contributed by atoms with Crippen LogP contribution in [-0.2, 0) is 14.3 Å². The summed E-state index contributed by atoms with van der Waals surface area (Å²) < 4.78 is 15.3. The second-order valence-corrected chi connectivity index (χ2v) is 4.15. The molecule has 98 valence electrons. The molecule has 0 aliphatic carbocycles. The van der Waals surface area contributed by atoms with E-state index < -0.39 is 5.54 Å². The highest BCUT2D eigenvalue weighted by Crippen LogP contribution is 2.26. The summed E-state index contributed by atoms with van der Waals surface area (Å²) >= 11 is 0. The van der Waals surface area contributed by atoms with E-state index in [1.807, 2.05) is 24.3 Å². The van der Waals surface area contributed by atoms with Crippen molar-refractivity contribution in [3.8, 4) is 5.75 Å². The standard InChI is InChI=1S/C13H17NO4/c1-3-18-12(15)13(8-17-9-13)14-10-4-6-11(16-2)7-5-10/h4-7,14H,3,8-9H2,1-2H3. The highest BCUT2D eigenvalue weighted by molar-refractivity contribution is 5.86. The van der Waals surface area contributed by atoms with Crippen LogP contribution in [0.2, 0.25) is 0 Å². The van der Waals surface area contributed by atoms with Gasteiger partial charge in [-0.05, 0) is 31.2 Å². The third-order valence-electron chi connectivity index (χ3n) is 2.84. The van der Waals surface area contributed by atoms with E-state index in [1.165, 1.54) is 0 Å². The zero-order valence-corrected chi connectivity index (χ0v) is 10.6. The maximum absolute atomic E-state index is 11.9. The molecule has 1 aliphatic rings. The number of nitrogens with one attached hydrogen (secondary N) is 1. The monoisotopic (exact) mass is 251 g/mol. The Hall–Kier alpha value is -1.75. The van der Waals surface area contributed by atoms with Crippen molar-refractivity contribution >= 4 is 11.7 Å². The van der Waals surface area contributed by atoms with Gasteiger partial charge in [0, 0.05) is 5.69 Å². The predicted octanol–water partition coefficient (Wildman–Crippen LogP) is 1.44. The van der Waals surface area contributed by atoms with E-state index in [4.69, 9.17) is 14.2 Å². The molecule has 1 fully saturated rings. The quantitative estimate of drug-likeness (QED) is 0.802. The number of hydrogen-bond donors (Lipinski definition) is 1. The lowest BCUT2D eigenvalue weighted by atomic mass is 9.97. The Morgan fingerprint density at radius 2 is 2.06 bits per heavy atom. The van der Waals surface area contributed by atoms with Crippen molar-refractivity contribution in [2.75, 3.05) is 32.2 Å². The molecule has 2 rings (SSSR count). The first-order chi connectivity index (χ1) is 8.70. The molecule has 0 amide bonds. The molecule has 0 unspecified atom stereocenters. The topological polar surface area (TPSA) is 56.8 Å². The summed E-state index contributed by atoms with van der Waals surface area (Å²) in [5.74, 6) is 0.502. The number of methoxy groups -OCH3 is 1. The van der Waals surface area contributed by atoms with Crippen LogP contribution in [0.3, 0.4) is 0 Å². The van der Waals surface area contributed by atoms with Gasteiger partial charge in [0.15, 0.2) is 5.54 Å². The fraction of sp³-hybridized carbons (Fsp3) is 0.462. The molecule has 0 atom stereocenters. The van der Waals surface area contributed by atoms with Gasteiger partial charge in [-0.2, -0.15) is 0 Å². The van der Waals surface area contributed by atoms with E-state index in [0.29, 0.717) is 19.8 Å². The summed E-state index contributed by atoms with van der Waals surface area (Å²) in [5.41, 5.74) is 0.0945. The van der Waals surface area contributed by atoms with Gasteiger partial charge in [0.05, 0.1) is 26.9 Å². The SMILES string of the molecule is CCOC(=O)C1(Nc2ccc(OC)cc2)COC1. The number of carbonyl (C=O) groups is 1. The van der Waals surface area contributed by atoms with E-state index in [9.17, 15) is 4.79 Å². The van der Waals surface area contributed by atoms with Crippen LogP contribution < -0.4 is 10.1 Å². The van der Waals surface area contributed by atoms with Gasteiger partial charge in [-0.3, -0.25) is 0 Å². The number of esters is 1. The predicted molar refractivity (Wildman–Crippen MR) is 66.8 cm³/mol. The largest absolute Gasteiger partial charge is 0.497 e. The minimum Gasteiger partial charge on any atom is -0.497 e. The first kappa shape index (κ1) is 12.7. The minimum absolute atomic E-state index is 0.271. The van der Waals surface area contributed by atoms with Crippen LogP contribution in [0.1, 0.15) is 6.92 Å². The van der Waals surface area contributed by atoms with Crippen LogP contribution in [0, 0.1) is 0 Å². The lowest BCUT2D eigenvalue weighted by Gasteiger charge is -2.40. The lowest BCUT2D eigenvalue weighted by molar-refractivity contribution is -0.164. The summed E-state index contributed by atoms with van der Waals surface area (Å²) in [6, 6.07) is 7.39. The van der Waals surface area contributed by atoms with Crippen molar-refractivity contribution in [1.82, 2.24) is 0 Å². The van der Waals surface area contributed by atoms with Gasteiger partial charge in [-0.25, -0.2) is 4.79 Å². The number of ether oxygens (including phenoxy) is 3. The Balaban J connectivity index is 2.07. The van der Waals surface area contributed by atoms with Gasteiger partial charge in [0.1, 0.15) is 5.75 Å². The molecule has 1 N–H and O–H groups in total. The third kappa shape index (κ3) is 2.41. The van der Waals surface area contributed by atoms with Crippen molar-refractivity contribution in [2.24, 2.45) is 0 Å². The highest BCUT2D eigenvalue weighted by Gasteiger charge is 2.47. The van der Waals surface area contributed by atoms with E-state index in [-0.39, 0.29) is 5.97 Å². The summed E-state index contributed by atoms with van der Waals surface area (Å²) in [6.07, 6.45) is 0. The molecule has 1 aliphatic heterocycles.